The number of allylic oxidation sites excluding steroid dienone is 2. The fourth-order valence-corrected chi connectivity index (χ4v) is 1.27. The number of amides is 1. The number of aliphatic hydroxyl groups excluding tert-OH is 1. The Morgan fingerprint density at radius 1 is 1.29 bits per heavy atom. The second-order valence-corrected chi connectivity index (χ2v) is 3.77. The first-order valence-electron chi connectivity index (χ1n) is 5.89. The summed E-state index contributed by atoms with van der Waals surface area (Å²) in [7, 11) is 0. The van der Waals surface area contributed by atoms with E-state index in [4.69, 9.17) is 10.2 Å². The van der Waals surface area contributed by atoms with Gasteiger partial charge in [-0.1, -0.05) is 25.5 Å². The topological polar surface area (TPSA) is 86.6 Å². The Morgan fingerprint density at radius 2 is 1.94 bits per heavy atom. The average molecular weight is 243 g/mol. The first-order chi connectivity index (χ1) is 8.11. The monoisotopic (exact) mass is 243 g/mol. The molecule has 0 aromatic heterocycles. The van der Waals surface area contributed by atoms with Gasteiger partial charge in [0, 0.05) is 19.4 Å². The minimum Gasteiger partial charge on any atom is -0.480 e. The second-order valence-electron chi connectivity index (χ2n) is 3.77. The number of unbranched alkanes of at least 4 members (excludes halogenated alkanes) is 1. The summed E-state index contributed by atoms with van der Waals surface area (Å²) in [4.78, 5) is 22.1. The molecule has 0 aliphatic carbocycles. The average Bonchev–Trinajstić information content (AvgIpc) is 2.28. The number of hydrogen-bond donors (Lipinski definition) is 3. The quantitative estimate of drug-likeness (QED) is 0.529. The zero-order valence-corrected chi connectivity index (χ0v) is 10.2. The molecule has 0 bridgehead atoms. The number of aliphatic carboxylic acids is 1. The van der Waals surface area contributed by atoms with Crippen LogP contribution in [0, 0.1) is 0 Å². The molecule has 0 aromatic rings. The van der Waals surface area contributed by atoms with Crippen LogP contribution in [0.2, 0.25) is 0 Å². The second kappa shape index (κ2) is 9.84. The van der Waals surface area contributed by atoms with Gasteiger partial charge in [-0.25, -0.2) is 4.79 Å². The van der Waals surface area contributed by atoms with E-state index in [1.807, 2.05) is 12.2 Å². The van der Waals surface area contributed by atoms with Gasteiger partial charge in [-0.2, -0.15) is 0 Å². The van der Waals surface area contributed by atoms with Crippen LogP contribution in [0.3, 0.4) is 0 Å². The predicted octanol–water partition coefficient (Wildman–Crippen LogP) is 1.07. The first-order valence-corrected chi connectivity index (χ1v) is 5.89. The van der Waals surface area contributed by atoms with Crippen LogP contribution in [-0.2, 0) is 9.59 Å². The Balaban J connectivity index is 3.86. The Hall–Kier alpha value is -1.36. The zero-order valence-electron chi connectivity index (χ0n) is 10.2. The van der Waals surface area contributed by atoms with Gasteiger partial charge < -0.3 is 15.5 Å². The van der Waals surface area contributed by atoms with Crippen LogP contribution in [0.1, 0.15) is 39.0 Å². The fraction of sp³-hybridized carbons (Fsp3) is 0.667. The molecule has 5 heteroatoms. The molecule has 3 N–H and O–H groups in total. The number of rotatable bonds is 9. The lowest BCUT2D eigenvalue weighted by molar-refractivity contribution is -0.142. The van der Waals surface area contributed by atoms with Gasteiger partial charge in [0.15, 0.2) is 0 Å². The molecule has 0 fully saturated rings. The molecule has 17 heavy (non-hydrogen) atoms. The number of carbonyl (C=O) groups is 2. The van der Waals surface area contributed by atoms with Crippen LogP contribution in [0.15, 0.2) is 12.2 Å². The lowest BCUT2D eigenvalue weighted by atomic mass is 10.2. The SMILES string of the molecule is CCC/C=C/CCC(=O)NC(CCO)C(=O)O. The van der Waals surface area contributed by atoms with E-state index in [0.29, 0.717) is 6.42 Å². The maximum Gasteiger partial charge on any atom is 0.326 e. The molecule has 0 radical (unpaired) electrons. The van der Waals surface area contributed by atoms with E-state index in [9.17, 15) is 9.59 Å². The van der Waals surface area contributed by atoms with Crippen molar-refractivity contribution in [2.24, 2.45) is 0 Å². The maximum absolute atomic E-state index is 11.4. The van der Waals surface area contributed by atoms with E-state index in [2.05, 4.69) is 12.2 Å². The molecule has 1 atom stereocenters. The maximum atomic E-state index is 11.4. The normalized spacial score (nSPS) is 12.6. The molecular formula is C12H21NO4. The minimum absolute atomic E-state index is 0.0345. The molecule has 5 nitrogen and oxygen atoms in total. The van der Waals surface area contributed by atoms with Crippen molar-refractivity contribution in [3.63, 3.8) is 0 Å². The summed E-state index contributed by atoms with van der Waals surface area (Å²) in [5.41, 5.74) is 0. The lowest BCUT2D eigenvalue weighted by Crippen LogP contribution is -2.41. The minimum atomic E-state index is -1.12. The van der Waals surface area contributed by atoms with Crippen LogP contribution in [-0.4, -0.2) is 34.7 Å². The smallest absolute Gasteiger partial charge is 0.326 e. The van der Waals surface area contributed by atoms with Crippen molar-refractivity contribution in [3.05, 3.63) is 12.2 Å². The van der Waals surface area contributed by atoms with Crippen molar-refractivity contribution in [3.8, 4) is 0 Å². The van der Waals surface area contributed by atoms with Crippen molar-refractivity contribution in [1.82, 2.24) is 5.32 Å². The molecule has 0 heterocycles. The summed E-state index contributed by atoms with van der Waals surface area (Å²) in [6.07, 6.45) is 6.91. The van der Waals surface area contributed by atoms with Crippen LogP contribution in [0.25, 0.3) is 0 Å². The van der Waals surface area contributed by atoms with E-state index in [1.54, 1.807) is 0 Å². The van der Waals surface area contributed by atoms with E-state index in [1.165, 1.54) is 0 Å². The zero-order chi connectivity index (χ0) is 13.1. The number of carbonyl (C=O) groups excluding carboxylic acids is 1. The number of carboxylic acid groups (broad SMARTS) is 1. The van der Waals surface area contributed by atoms with Gasteiger partial charge in [0.05, 0.1) is 0 Å². The summed E-state index contributed by atoms with van der Waals surface area (Å²) in [5, 5.41) is 19.8. The summed E-state index contributed by atoms with van der Waals surface area (Å²) >= 11 is 0. The van der Waals surface area contributed by atoms with Gasteiger partial charge in [-0.15, -0.1) is 0 Å². The third kappa shape index (κ3) is 8.45. The predicted molar refractivity (Wildman–Crippen MR) is 64.6 cm³/mol. The number of hydrogen-bond acceptors (Lipinski definition) is 3. The molecule has 0 saturated carbocycles. The number of nitrogens with one attached hydrogen (secondary N) is 1. The summed E-state index contributed by atoms with van der Waals surface area (Å²) < 4.78 is 0. The molecule has 0 rings (SSSR count). The molecule has 0 saturated heterocycles. The molecule has 0 spiro atoms. The third-order valence-corrected chi connectivity index (χ3v) is 2.21. The Morgan fingerprint density at radius 3 is 2.47 bits per heavy atom. The van der Waals surface area contributed by atoms with Gasteiger partial charge in [-0.05, 0) is 12.8 Å². The Kier molecular flexibility index (Phi) is 9.05. The standard InChI is InChI=1S/C12H21NO4/c1-2-3-4-5-6-7-11(15)13-10(8-9-14)12(16)17/h4-5,10,14H,2-3,6-9H2,1H3,(H,13,15)(H,16,17)/b5-4+. The van der Waals surface area contributed by atoms with Crippen LogP contribution < -0.4 is 5.32 Å². The largest absolute Gasteiger partial charge is 0.480 e. The molecular weight excluding hydrogens is 222 g/mol. The van der Waals surface area contributed by atoms with Crippen molar-refractivity contribution in [1.29, 1.82) is 0 Å². The van der Waals surface area contributed by atoms with Crippen molar-refractivity contribution < 1.29 is 19.8 Å². The molecule has 0 aliphatic rings. The first kappa shape index (κ1) is 15.6. The van der Waals surface area contributed by atoms with E-state index >= 15 is 0 Å². The van der Waals surface area contributed by atoms with Crippen molar-refractivity contribution >= 4 is 11.9 Å². The van der Waals surface area contributed by atoms with Gasteiger partial charge in [-0.3, -0.25) is 4.79 Å². The van der Waals surface area contributed by atoms with E-state index in [-0.39, 0.29) is 25.4 Å². The van der Waals surface area contributed by atoms with Crippen LogP contribution in [0.5, 0.6) is 0 Å². The fourth-order valence-electron chi connectivity index (χ4n) is 1.27. The Bertz CT molecular complexity index is 263. The molecule has 0 aromatic carbocycles. The van der Waals surface area contributed by atoms with E-state index < -0.39 is 12.0 Å². The summed E-state index contributed by atoms with van der Waals surface area (Å²) in [6, 6.07) is -0.993. The highest BCUT2D eigenvalue weighted by Crippen LogP contribution is 1.97. The Labute approximate surface area is 102 Å². The highest BCUT2D eigenvalue weighted by Gasteiger charge is 2.18. The summed E-state index contributed by atoms with van der Waals surface area (Å²) in [6.45, 7) is 1.82. The van der Waals surface area contributed by atoms with Crippen LogP contribution in [0.4, 0.5) is 0 Å². The van der Waals surface area contributed by atoms with Gasteiger partial charge in [0.2, 0.25) is 5.91 Å². The highest BCUT2D eigenvalue weighted by molar-refractivity contribution is 5.83. The molecule has 98 valence electrons. The van der Waals surface area contributed by atoms with Crippen molar-refractivity contribution in [2.75, 3.05) is 6.61 Å². The van der Waals surface area contributed by atoms with E-state index in [0.717, 1.165) is 12.8 Å². The van der Waals surface area contributed by atoms with Gasteiger partial charge in [0.25, 0.3) is 0 Å². The van der Waals surface area contributed by atoms with Gasteiger partial charge in [0.1, 0.15) is 6.04 Å². The van der Waals surface area contributed by atoms with Crippen molar-refractivity contribution in [2.45, 2.75) is 45.1 Å². The highest BCUT2D eigenvalue weighted by atomic mass is 16.4. The molecule has 0 aliphatic heterocycles. The molecule has 1 unspecified atom stereocenters. The van der Waals surface area contributed by atoms with Gasteiger partial charge >= 0.3 is 5.97 Å². The third-order valence-electron chi connectivity index (χ3n) is 2.21. The van der Waals surface area contributed by atoms with Crippen LogP contribution >= 0.6 is 0 Å². The number of aliphatic hydroxyl groups is 1. The lowest BCUT2D eigenvalue weighted by Gasteiger charge is -2.12. The summed E-state index contributed by atoms with van der Waals surface area (Å²) in [5.74, 6) is -1.42. The number of carboxylic acids is 1. The molecule has 1 amide bonds.